The van der Waals surface area contributed by atoms with Gasteiger partial charge in [0.25, 0.3) is 0 Å². The molecule has 1 aromatic heterocycles. The van der Waals surface area contributed by atoms with Gasteiger partial charge in [0, 0.05) is 32.6 Å². The van der Waals surface area contributed by atoms with Crippen molar-refractivity contribution in [1.82, 2.24) is 15.0 Å². The van der Waals surface area contributed by atoms with Crippen molar-refractivity contribution in [2.24, 2.45) is 0 Å². The normalized spacial score (nSPS) is 19.8. The van der Waals surface area contributed by atoms with E-state index in [9.17, 15) is 5.11 Å². The first-order valence-corrected chi connectivity index (χ1v) is 5.85. The van der Waals surface area contributed by atoms with Gasteiger partial charge in [0.05, 0.1) is 12.1 Å². The Morgan fingerprint density at radius 1 is 1.41 bits per heavy atom. The molecule has 2 rings (SSSR count). The second-order valence-electron chi connectivity index (χ2n) is 4.74. The van der Waals surface area contributed by atoms with Gasteiger partial charge in [0.2, 0.25) is 5.89 Å². The van der Waals surface area contributed by atoms with Gasteiger partial charge in [-0.1, -0.05) is 5.16 Å². The topological polar surface area (TPSA) is 71.6 Å². The van der Waals surface area contributed by atoms with Crippen LogP contribution in [0, 0.1) is 6.92 Å². The number of hydrogen-bond donors (Lipinski definition) is 1. The molecule has 1 aromatic rings. The first-order chi connectivity index (χ1) is 8.07. The number of ether oxygens (including phenoxy) is 1. The standard InChI is InChI=1S/C11H19N3O3/c1-9-12-10(17-13-9)7-14(2)8-11(15)3-5-16-6-4-11/h15H,3-8H2,1-2H3. The number of rotatable bonds is 4. The summed E-state index contributed by atoms with van der Waals surface area (Å²) < 4.78 is 10.3. The Labute approximate surface area is 101 Å². The minimum atomic E-state index is -0.651. The summed E-state index contributed by atoms with van der Waals surface area (Å²) in [5.41, 5.74) is -0.651. The highest BCUT2D eigenvalue weighted by molar-refractivity contribution is 4.87. The van der Waals surface area contributed by atoms with Crippen molar-refractivity contribution in [1.29, 1.82) is 0 Å². The summed E-state index contributed by atoms with van der Waals surface area (Å²) in [5.74, 6) is 1.22. The van der Waals surface area contributed by atoms with Crippen LogP contribution >= 0.6 is 0 Å². The predicted octanol–water partition coefficient (Wildman–Crippen LogP) is 0.351. The van der Waals surface area contributed by atoms with Crippen LogP contribution in [0.15, 0.2) is 4.52 Å². The summed E-state index contributed by atoms with van der Waals surface area (Å²) >= 11 is 0. The summed E-state index contributed by atoms with van der Waals surface area (Å²) in [5, 5.41) is 14.1. The Hall–Kier alpha value is -0.980. The van der Waals surface area contributed by atoms with Crippen LogP contribution in [0.3, 0.4) is 0 Å². The number of aryl methyl sites for hydroxylation is 1. The average Bonchev–Trinajstić information content (AvgIpc) is 2.63. The summed E-state index contributed by atoms with van der Waals surface area (Å²) in [6, 6.07) is 0. The third-order valence-corrected chi connectivity index (χ3v) is 2.96. The molecular weight excluding hydrogens is 222 g/mol. The second-order valence-corrected chi connectivity index (χ2v) is 4.74. The third-order valence-electron chi connectivity index (χ3n) is 2.96. The fourth-order valence-corrected chi connectivity index (χ4v) is 2.10. The van der Waals surface area contributed by atoms with E-state index in [4.69, 9.17) is 9.26 Å². The van der Waals surface area contributed by atoms with Crippen LogP contribution in [0.4, 0.5) is 0 Å². The van der Waals surface area contributed by atoms with E-state index in [0.29, 0.717) is 50.9 Å². The molecule has 17 heavy (non-hydrogen) atoms. The Morgan fingerprint density at radius 2 is 2.12 bits per heavy atom. The van der Waals surface area contributed by atoms with Crippen LogP contribution in [0.25, 0.3) is 0 Å². The van der Waals surface area contributed by atoms with Crippen LogP contribution < -0.4 is 0 Å². The zero-order valence-corrected chi connectivity index (χ0v) is 10.3. The maximum absolute atomic E-state index is 10.3. The highest BCUT2D eigenvalue weighted by atomic mass is 16.5. The predicted molar refractivity (Wildman–Crippen MR) is 60.4 cm³/mol. The van der Waals surface area contributed by atoms with Gasteiger partial charge >= 0.3 is 0 Å². The van der Waals surface area contributed by atoms with Crippen molar-refractivity contribution >= 4 is 0 Å². The molecule has 1 saturated heterocycles. The lowest BCUT2D eigenvalue weighted by molar-refractivity contribution is -0.0784. The van der Waals surface area contributed by atoms with E-state index in [-0.39, 0.29) is 0 Å². The van der Waals surface area contributed by atoms with E-state index in [0.717, 1.165) is 0 Å². The van der Waals surface area contributed by atoms with Crippen molar-refractivity contribution < 1.29 is 14.4 Å². The van der Waals surface area contributed by atoms with E-state index in [1.54, 1.807) is 6.92 Å². The molecule has 1 aliphatic rings. The van der Waals surface area contributed by atoms with Crippen LogP contribution in [0.2, 0.25) is 0 Å². The van der Waals surface area contributed by atoms with Gasteiger partial charge in [-0.25, -0.2) is 0 Å². The summed E-state index contributed by atoms with van der Waals surface area (Å²) in [4.78, 5) is 6.14. The number of likely N-dealkylation sites (N-methyl/N-ethyl adjacent to an activating group) is 1. The molecule has 0 amide bonds. The molecule has 0 spiro atoms. The number of hydrogen-bond acceptors (Lipinski definition) is 6. The minimum absolute atomic E-state index is 0.560. The molecule has 1 fully saturated rings. The Morgan fingerprint density at radius 3 is 2.71 bits per heavy atom. The molecule has 2 heterocycles. The molecule has 0 saturated carbocycles. The highest BCUT2D eigenvalue weighted by Gasteiger charge is 2.31. The Balaban J connectivity index is 1.85. The molecule has 0 aliphatic carbocycles. The zero-order valence-electron chi connectivity index (χ0n) is 10.3. The molecular formula is C11H19N3O3. The quantitative estimate of drug-likeness (QED) is 0.820. The molecule has 96 valence electrons. The van der Waals surface area contributed by atoms with Crippen molar-refractivity contribution in [2.45, 2.75) is 31.9 Å². The van der Waals surface area contributed by atoms with Crippen LogP contribution in [0.5, 0.6) is 0 Å². The Bertz CT molecular complexity index is 361. The lowest BCUT2D eigenvalue weighted by atomic mass is 9.94. The van der Waals surface area contributed by atoms with E-state index in [1.807, 2.05) is 11.9 Å². The van der Waals surface area contributed by atoms with Crippen LogP contribution in [-0.2, 0) is 11.3 Å². The lowest BCUT2D eigenvalue weighted by Gasteiger charge is -2.35. The lowest BCUT2D eigenvalue weighted by Crippen LogP contribution is -2.45. The van der Waals surface area contributed by atoms with E-state index in [1.165, 1.54) is 0 Å². The maximum atomic E-state index is 10.3. The third kappa shape index (κ3) is 3.49. The number of nitrogens with zero attached hydrogens (tertiary/aromatic N) is 3. The summed E-state index contributed by atoms with van der Waals surface area (Å²) in [6.45, 7) is 4.20. The highest BCUT2D eigenvalue weighted by Crippen LogP contribution is 2.21. The van der Waals surface area contributed by atoms with Gasteiger partial charge in [0.1, 0.15) is 0 Å². The molecule has 0 radical (unpaired) electrons. The van der Waals surface area contributed by atoms with Gasteiger partial charge in [0.15, 0.2) is 5.82 Å². The minimum Gasteiger partial charge on any atom is -0.388 e. The van der Waals surface area contributed by atoms with Gasteiger partial charge in [-0.15, -0.1) is 0 Å². The molecule has 1 aliphatic heterocycles. The molecule has 6 nitrogen and oxygen atoms in total. The van der Waals surface area contributed by atoms with Gasteiger partial charge in [-0.05, 0) is 14.0 Å². The van der Waals surface area contributed by atoms with Crippen LogP contribution in [-0.4, -0.2) is 52.6 Å². The number of aromatic nitrogens is 2. The summed E-state index contributed by atoms with van der Waals surface area (Å²) in [6.07, 6.45) is 1.36. The van der Waals surface area contributed by atoms with Gasteiger partial charge in [-0.2, -0.15) is 4.98 Å². The molecule has 0 bridgehead atoms. The van der Waals surface area contributed by atoms with Gasteiger partial charge in [-0.3, -0.25) is 4.90 Å². The van der Waals surface area contributed by atoms with Crippen molar-refractivity contribution in [2.75, 3.05) is 26.8 Å². The molecule has 6 heteroatoms. The van der Waals surface area contributed by atoms with E-state index < -0.39 is 5.60 Å². The van der Waals surface area contributed by atoms with E-state index in [2.05, 4.69) is 10.1 Å². The van der Waals surface area contributed by atoms with Crippen molar-refractivity contribution in [3.05, 3.63) is 11.7 Å². The number of aliphatic hydroxyl groups is 1. The van der Waals surface area contributed by atoms with Gasteiger partial charge < -0.3 is 14.4 Å². The largest absolute Gasteiger partial charge is 0.388 e. The zero-order chi connectivity index (χ0) is 12.3. The Kier molecular flexibility index (Phi) is 3.76. The van der Waals surface area contributed by atoms with E-state index >= 15 is 0 Å². The molecule has 0 atom stereocenters. The molecule has 0 unspecified atom stereocenters. The average molecular weight is 241 g/mol. The molecule has 1 N–H and O–H groups in total. The first kappa shape index (κ1) is 12.5. The smallest absolute Gasteiger partial charge is 0.240 e. The fraction of sp³-hybridized carbons (Fsp3) is 0.818. The van der Waals surface area contributed by atoms with Crippen LogP contribution in [0.1, 0.15) is 24.6 Å². The molecule has 0 aromatic carbocycles. The summed E-state index contributed by atoms with van der Waals surface area (Å²) in [7, 11) is 1.94. The maximum Gasteiger partial charge on any atom is 0.240 e. The van der Waals surface area contributed by atoms with Crippen molar-refractivity contribution in [3.63, 3.8) is 0 Å². The van der Waals surface area contributed by atoms with Crippen molar-refractivity contribution in [3.8, 4) is 0 Å². The first-order valence-electron chi connectivity index (χ1n) is 5.85. The second kappa shape index (κ2) is 5.12. The SMILES string of the molecule is Cc1noc(CN(C)CC2(O)CCOCC2)n1. The fourth-order valence-electron chi connectivity index (χ4n) is 2.10. The monoisotopic (exact) mass is 241 g/mol.